The van der Waals surface area contributed by atoms with Crippen LogP contribution >= 0.6 is 0 Å². The summed E-state index contributed by atoms with van der Waals surface area (Å²) in [6, 6.07) is 12.9. The fraction of sp³-hybridized carbons (Fsp3) is 0.500. The predicted octanol–water partition coefficient (Wildman–Crippen LogP) is 8.09. The van der Waals surface area contributed by atoms with Crippen molar-refractivity contribution in [3.05, 3.63) is 58.7 Å². The molecule has 32 heavy (non-hydrogen) atoms. The van der Waals surface area contributed by atoms with Crippen LogP contribution in [-0.2, 0) is 0 Å². The number of benzene rings is 2. The number of rotatable bonds is 10. The third kappa shape index (κ3) is 5.79. The molecule has 2 aromatic carbocycles. The molecule has 0 bridgehead atoms. The Morgan fingerprint density at radius 1 is 0.594 bits per heavy atom. The zero-order chi connectivity index (χ0) is 24.2. The lowest BCUT2D eigenvalue weighted by Gasteiger charge is -2.30. The Kier molecular flexibility index (Phi) is 8.65. The van der Waals surface area contributed by atoms with E-state index in [1.54, 1.807) is 6.92 Å². The van der Waals surface area contributed by atoms with Crippen molar-refractivity contribution in [2.24, 2.45) is 0 Å². The number of hydrogen-bond acceptors (Lipinski definition) is 4. The van der Waals surface area contributed by atoms with Crippen molar-refractivity contribution in [2.75, 3.05) is 10.6 Å². The van der Waals surface area contributed by atoms with Gasteiger partial charge in [-0.25, -0.2) is 0 Å². The standard InChI is InChI=1S/C28H42N4/c1-16(2)21-12-10-13-22(17(3)4)26(21)31-28(25(30)20(9)29)32-27-23(18(5)6)14-11-15-24(27)19(7)8/h10-19,28-32H,1-9H3. The highest BCUT2D eigenvalue weighted by atomic mass is 15.1. The predicted molar refractivity (Wildman–Crippen MR) is 141 cm³/mol. The van der Waals surface area contributed by atoms with Crippen molar-refractivity contribution in [2.45, 2.75) is 92.2 Å². The molecule has 0 fully saturated rings. The highest BCUT2D eigenvalue weighted by Crippen LogP contribution is 2.35. The quantitative estimate of drug-likeness (QED) is 0.225. The van der Waals surface area contributed by atoms with Gasteiger partial charge in [0.25, 0.3) is 0 Å². The van der Waals surface area contributed by atoms with Crippen molar-refractivity contribution >= 4 is 22.8 Å². The summed E-state index contributed by atoms with van der Waals surface area (Å²) in [6.07, 6.45) is -0.498. The molecule has 0 saturated carbocycles. The van der Waals surface area contributed by atoms with Crippen LogP contribution in [0.3, 0.4) is 0 Å². The van der Waals surface area contributed by atoms with E-state index in [1.807, 2.05) is 0 Å². The van der Waals surface area contributed by atoms with Gasteiger partial charge >= 0.3 is 0 Å². The molecule has 0 saturated heterocycles. The Bertz CT molecular complexity index is 836. The van der Waals surface area contributed by atoms with Crippen LogP contribution in [0.15, 0.2) is 36.4 Å². The Morgan fingerprint density at radius 3 is 1.09 bits per heavy atom. The van der Waals surface area contributed by atoms with Gasteiger partial charge in [0.2, 0.25) is 0 Å². The summed E-state index contributed by atoms with van der Waals surface area (Å²) in [5.41, 5.74) is 7.62. The van der Waals surface area contributed by atoms with E-state index < -0.39 is 6.17 Å². The van der Waals surface area contributed by atoms with Crippen molar-refractivity contribution in [3.63, 3.8) is 0 Å². The summed E-state index contributed by atoms with van der Waals surface area (Å²) < 4.78 is 0. The average Bonchev–Trinajstić information content (AvgIpc) is 2.71. The van der Waals surface area contributed by atoms with Crippen LogP contribution < -0.4 is 10.6 Å². The van der Waals surface area contributed by atoms with E-state index in [1.165, 1.54) is 22.3 Å². The molecule has 0 heterocycles. The lowest BCUT2D eigenvalue weighted by molar-refractivity contribution is 0.822. The topological polar surface area (TPSA) is 71.8 Å². The molecule has 0 aromatic heterocycles. The van der Waals surface area contributed by atoms with Crippen molar-refractivity contribution in [1.29, 1.82) is 10.8 Å². The summed E-state index contributed by atoms with van der Waals surface area (Å²) in [5, 5.41) is 24.3. The molecule has 0 atom stereocenters. The second-order valence-corrected chi connectivity index (χ2v) is 10.0. The maximum Gasteiger partial charge on any atom is 0.142 e. The minimum absolute atomic E-state index is 0.256. The Balaban J connectivity index is 2.64. The maximum atomic E-state index is 8.76. The van der Waals surface area contributed by atoms with Crippen LogP contribution in [0.25, 0.3) is 0 Å². The minimum atomic E-state index is -0.498. The van der Waals surface area contributed by atoms with E-state index in [0.717, 1.165) is 11.4 Å². The van der Waals surface area contributed by atoms with E-state index in [-0.39, 0.29) is 11.4 Å². The zero-order valence-corrected chi connectivity index (χ0v) is 21.4. The molecule has 174 valence electrons. The molecule has 0 aliphatic carbocycles. The third-order valence-corrected chi connectivity index (χ3v) is 6.02. The van der Waals surface area contributed by atoms with E-state index in [0.29, 0.717) is 23.7 Å². The molecule has 0 amide bonds. The van der Waals surface area contributed by atoms with E-state index in [2.05, 4.69) is 102 Å². The van der Waals surface area contributed by atoms with Crippen LogP contribution in [0, 0.1) is 10.8 Å². The molecule has 4 nitrogen and oxygen atoms in total. The highest BCUT2D eigenvalue weighted by molar-refractivity contribution is 6.41. The van der Waals surface area contributed by atoms with E-state index in [9.17, 15) is 0 Å². The SMILES string of the molecule is CC(=N)C(=N)C(Nc1c(C(C)C)cccc1C(C)C)Nc1c(C(C)C)cccc1C(C)C. The van der Waals surface area contributed by atoms with Crippen LogP contribution in [0.1, 0.15) is 108 Å². The fourth-order valence-corrected chi connectivity index (χ4v) is 4.12. The van der Waals surface area contributed by atoms with Crippen molar-refractivity contribution < 1.29 is 0 Å². The van der Waals surface area contributed by atoms with Crippen LogP contribution in [-0.4, -0.2) is 17.6 Å². The largest absolute Gasteiger partial charge is 0.360 e. The molecule has 4 heteroatoms. The number of para-hydroxylation sites is 2. The van der Waals surface area contributed by atoms with Gasteiger partial charge in [0.05, 0.1) is 11.4 Å². The van der Waals surface area contributed by atoms with Crippen LogP contribution in [0.4, 0.5) is 11.4 Å². The van der Waals surface area contributed by atoms with E-state index >= 15 is 0 Å². The molecule has 0 aliphatic rings. The van der Waals surface area contributed by atoms with Crippen molar-refractivity contribution in [1.82, 2.24) is 0 Å². The normalized spacial score (nSPS) is 11.7. The number of hydrogen-bond donors (Lipinski definition) is 4. The third-order valence-electron chi connectivity index (χ3n) is 6.02. The van der Waals surface area contributed by atoms with Gasteiger partial charge in [-0.15, -0.1) is 0 Å². The van der Waals surface area contributed by atoms with Gasteiger partial charge in [-0.3, -0.25) is 5.41 Å². The summed E-state index contributed by atoms with van der Waals surface area (Å²) in [5.74, 6) is 1.39. The van der Waals surface area contributed by atoms with Gasteiger partial charge in [0, 0.05) is 11.4 Å². The van der Waals surface area contributed by atoms with Gasteiger partial charge in [-0.2, -0.15) is 0 Å². The molecular weight excluding hydrogens is 392 g/mol. The first-order chi connectivity index (χ1) is 15.0. The lowest BCUT2D eigenvalue weighted by atomic mass is 9.91. The fourth-order valence-electron chi connectivity index (χ4n) is 4.12. The van der Waals surface area contributed by atoms with Crippen molar-refractivity contribution in [3.8, 4) is 0 Å². The molecular formula is C28H42N4. The molecule has 4 N–H and O–H groups in total. The van der Waals surface area contributed by atoms with Gasteiger partial charge in [0.15, 0.2) is 0 Å². The Labute approximate surface area is 195 Å². The zero-order valence-electron chi connectivity index (χ0n) is 21.4. The second-order valence-electron chi connectivity index (χ2n) is 10.0. The second kappa shape index (κ2) is 10.8. The molecule has 0 aliphatic heterocycles. The highest BCUT2D eigenvalue weighted by Gasteiger charge is 2.24. The number of nitrogens with one attached hydrogen (secondary N) is 4. The first-order valence-corrected chi connectivity index (χ1v) is 11.9. The van der Waals surface area contributed by atoms with Gasteiger partial charge in [-0.1, -0.05) is 91.8 Å². The molecule has 0 radical (unpaired) electrons. The summed E-state index contributed by atoms with van der Waals surface area (Å²) >= 11 is 0. The first kappa shape index (κ1) is 25.6. The molecule has 2 aromatic rings. The Morgan fingerprint density at radius 2 is 0.875 bits per heavy atom. The first-order valence-electron chi connectivity index (χ1n) is 11.9. The molecule has 0 unspecified atom stereocenters. The smallest absolute Gasteiger partial charge is 0.142 e. The number of anilines is 2. The minimum Gasteiger partial charge on any atom is -0.360 e. The van der Waals surface area contributed by atoms with Gasteiger partial charge in [-0.05, 0) is 52.8 Å². The van der Waals surface area contributed by atoms with Crippen LogP contribution in [0.5, 0.6) is 0 Å². The van der Waals surface area contributed by atoms with Gasteiger partial charge < -0.3 is 16.0 Å². The van der Waals surface area contributed by atoms with E-state index in [4.69, 9.17) is 10.8 Å². The van der Waals surface area contributed by atoms with Crippen LogP contribution in [0.2, 0.25) is 0 Å². The lowest BCUT2D eigenvalue weighted by Crippen LogP contribution is -2.41. The summed E-state index contributed by atoms with van der Waals surface area (Å²) in [6.45, 7) is 19.3. The Hall–Kier alpha value is -2.62. The average molecular weight is 435 g/mol. The summed E-state index contributed by atoms with van der Waals surface area (Å²) in [7, 11) is 0. The summed E-state index contributed by atoms with van der Waals surface area (Å²) in [4.78, 5) is 0. The maximum absolute atomic E-state index is 8.76. The monoisotopic (exact) mass is 434 g/mol. The molecule has 2 rings (SSSR count). The van der Waals surface area contributed by atoms with Gasteiger partial charge in [0.1, 0.15) is 6.17 Å². The molecule has 0 spiro atoms.